The summed E-state index contributed by atoms with van der Waals surface area (Å²) in [5.74, 6) is 0. The van der Waals surface area contributed by atoms with Crippen LogP contribution in [-0.4, -0.2) is 43.0 Å². The number of hydrogen-bond acceptors (Lipinski definition) is 1. The molecule has 0 aromatic heterocycles. The number of hydrogen-bond donors (Lipinski definition) is 1. The van der Waals surface area contributed by atoms with Crippen molar-refractivity contribution in [2.24, 2.45) is 0 Å². The minimum atomic E-state index is 0.906. The van der Waals surface area contributed by atoms with Gasteiger partial charge in [0.15, 0.2) is 0 Å². The Morgan fingerprint density at radius 1 is 0.909 bits per heavy atom. The van der Waals surface area contributed by atoms with Crippen LogP contribution in [0.3, 0.4) is 0 Å². The van der Waals surface area contributed by atoms with Gasteiger partial charge >= 0.3 is 83.4 Å². The second-order valence-corrected chi connectivity index (χ2v) is 7.99. The summed E-state index contributed by atoms with van der Waals surface area (Å²) in [4.78, 5) is 0. The molecule has 1 N–H and O–H groups in total. The topological polar surface area (TPSA) is 12.0 Å². The molecule has 0 saturated heterocycles. The van der Waals surface area contributed by atoms with Gasteiger partial charge in [-0.3, -0.25) is 0 Å². The van der Waals surface area contributed by atoms with Crippen LogP contribution in [0.25, 0.3) is 0 Å². The van der Waals surface area contributed by atoms with Crippen LogP contribution in [0.15, 0.2) is 0 Å². The molecular weight excluding hydrogens is 268 g/mol. The van der Waals surface area contributed by atoms with Crippen LogP contribution >= 0.6 is 0 Å². The zero-order chi connectivity index (χ0) is 8.36. The van der Waals surface area contributed by atoms with E-state index in [0.29, 0.717) is 0 Å². The summed E-state index contributed by atoms with van der Waals surface area (Å²) >= 11 is 1.81. The van der Waals surface area contributed by atoms with Gasteiger partial charge in [-0.05, 0) is 0 Å². The predicted molar refractivity (Wildman–Crippen MR) is 55.0 cm³/mol. The summed E-state index contributed by atoms with van der Waals surface area (Å²) in [6.07, 6.45) is 0. The fourth-order valence-corrected chi connectivity index (χ4v) is 3.12. The molecule has 0 atom stereocenters. The van der Waals surface area contributed by atoms with Gasteiger partial charge in [-0.25, -0.2) is 0 Å². The molecule has 0 spiro atoms. The molecule has 0 aliphatic heterocycles. The molecule has 0 bridgehead atoms. The van der Waals surface area contributed by atoms with Gasteiger partial charge in [-0.2, -0.15) is 0 Å². The van der Waals surface area contributed by atoms with Crippen molar-refractivity contribution in [3.05, 3.63) is 0 Å². The van der Waals surface area contributed by atoms with Crippen LogP contribution in [0.4, 0.5) is 0 Å². The van der Waals surface area contributed by atoms with Crippen LogP contribution in [0.5, 0.6) is 0 Å². The van der Waals surface area contributed by atoms with E-state index in [1.54, 1.807) is 0 Å². The van der Waals surface area contributed by atoms with E-state index in [-0.39, 0.29) is 0 Å². The third kappa shape index (κ3) is 11.0. The van der Waals surface area contributed by atoms with Crippen molar-refractivity contribution in [1.82, 2.24) is 5.32 Å². The third-order valence-corrected chi connectivity index (χ3v) is 5.04. The van der Waals surface area contributed by atoms with Crippen molar-refractivity contribution in [3.8, 4) is 0 Å². The Labute approximate surface area is 83.4 Å². The molecule has 0 aromatic carbocycles. The van der Waals surface area contributed by atoms with E-state index in [0.717, 1.165) is 29.9 Å². The van der Waals surface area contributed by atoms with Gasteiger partial charge < -0.3 is 0 Å². The van der Waals surface area contributed by atoms with Crippen molar-refractivity contribution >= 4 is 29.9 Å². The summed E-state index contributed by atoms with van der Waals surface area (Å²) in [5, 5.41) is 9.12. The van der Waals surface area contributed by atoms with E-state index >= 15 is 0 Å². The van der Waals surface area contributed by atoms with Crippen molar-refractivity contribution in [3.63, 3.8) is 0 Å². The summed E-state index contributed by atoms with van der Waals surface area (Å²) in [6.45, 7) is 7.07. The molecule has 0 heterocycles. The Morgan fingerprint density at radius 3 is 1.73 bits per heavy atom. The normalized spacial score (nSPS) is 10.4. The third-order valence-electron chi connectivity index (χ3n) is 1.25. The van der Waals surface area contributed by atoms with E-state index < -0.39 is 0 Å². The summed E-state index contributed by atoms with van der Waals surface area (Å²) in [5.41, 5.74) is 0. The second kappa shape index (κ2) is 11.0. The van der Waals surface area contributed by atoms with Crippen molar-refractivity contribution in [2.75, 3.05) is 13.1 Å². The fourth-order valence-electron chi connectivity index (χ4n) is 0.702. The number of rotatable bonds is 8. The molecule has 0 aliphatic carbocycles. The maximum atomic E-state index is 3.49. The first-order valence-corrected chi connectivity index (χ1v) is 9.12. The van der Waals surface area contributed by atoms with Gasteiger partial charge in [0, 0.05) is 0 Å². The molecule has 0 unspecified atom stereocenters. The summed E-state index contributed by atoms with van der Waals surface area (Å²) in [7, 11) is 0. The van der Waals surface area contributed by atoms with Gasteiger partial charge in [0.2, 0.25) is 0 Å². The van der Waals surface area contributed by atoms with E-state index in [1.807, 2.05) is 0 Å². The standard InChI is InChI=1S/C8H19NSe2/c1-3-10-7-5-9-6-8-11-4-2/h9H,3-8H2,1-2H3. The maximum absolute atomic E-state index is 3.49. The first-order valence-electron chi connectivity index (χ1n) is 4.28. The molecular formula is C8H19NSe2. The molecule has 0 aromatic rings. The molecule has 0 amide bonds. The van der Waals surface area contributed by atoms with Crippen molar-refractivity contribution in [2.45, 2.75) is 35.1 Å². The van der Waals surface area contributed by atoms with Gasteiger partial charge in [0.1, 0.15) is 0 Å². The molecule has 0 rings (SSSR count). The predicted octanol–water partition coefficient (Wildman–Crippen LogP) is 1.70. The van der Waals surface area contributed by atoms with E-state index in [1.165, 1.54) is 34.4 Å². The fraction of sp³-hybridized carbons (Fsp3) is 1.00. The molecule has 1 nitrogen and oxygen atoms in total. The molecule has 0 saturated carbocycles. The van der Waals surface area contributed by atoms with Crippen LogP contribution in [-0.2, 0) is 0 Å². The van der Waals surface area contributed by atoms with E-state index in [2.05, 4.69) is 19.2 Å². The van der Waals surface area contributed by atoms with Crippen molar-refractivity contribution in [1.29, 1.82) is 0 Å². The second-order valence-electron chi connectivity index (χ2n) is 2.14. The summed E-state index contributed by atoms with van der Waals surface area (Å²) < 4.78 is 0. The van der Waals surface area contributed by atoms with Crippen LogP contribution in [0, 0.1) is 0 Å². The molecule has 3 heteroatoms. The Hall–Kier alpha value is 0.999. The minimum absolute atomic E-state index is 0.906. The Balaban J connectivity index is 2.69. The van der Waals surface area contributed by atoms with E-state index in [9.17, 15) is 0 Å². The average Bonchev–Trinajstić information content (AvgIpc) is 2.03. The molecule has 0 fully saturated rings. The quantitative estimate of drug-likeness (QED) is 0.529. The van der Waals surface area contributed by atoms with Gasteiger partial charge in [0.05, 0.1) is 0 Å². The Bertz CT molecular complexity index is 61.1. The van der Waals surface area contributed by atoms with Gasteiger partial charge in [-0.15, -0.1) is 0 Å². The van der Waals surface area contributed by atoms with E-state index in [4.69, 9.17) is 0 Å². The molecule has 0 aliphatic rings. The SMILES string of the molecule is CC[Se]CCNCC[Se]CC. The average molecular weight is 287 g/mol. The molecule has 11 heavy (non-hydrogen) atoms. The van der Waals surface area contributed by atoms with Crippen LogP contribution in [0.1, 0.15) is 13.8 Å². The Kier molecular flexibility index (Phi) is 12.0. The first kappa shape index (κ1) is 12.0. The van der Waals surface area contributed by atoms with Gasteiger partial charge in [-0.1, -0.05) is 0 Å². The zero-order valence-corrected chi connectivity index (χ0v) is 11.0. The number of nitrogens with one attached hydrogen (secondary N) is 1. The van der Waals surface area contributed by atoms with Crippen molar-refractivity contribution < 1.29 is 0 Å². The monoisotopic (exact) mass is 289 g/mol. The van der Waals surface area contributed by atoms with Crippen LogP contribution < -0.4 is 5.32 Å². The molecule has 68 valence electrons. The Morgan fingerprint density at radius 2 is 1.36 bits per heavy atom. The zero-order valence-electron chi connectivity index (χ0n) is 7.56. The molecule has 0 radical (unpaired) electrons. The van der Waals surface area contributed by atoms with Crippen LogP contribution in [0.2, 0.25) is 21.3 Å². The summed E-state index contributed by atoms with van der Waals surface area (Å²) in [6, 6.07) is 0. The van der Waals surface area contributed by atoms with Gasteiger partial charge in [0.25, 0.3) is 0 Å². The first-order chi connectivity index (χ1) is 5.41.